The highest BCUT2D eigenvalue weighted by molar-refractivity contribution is 7.10. The largest absolute Gasteiger partial charge is 0.331 e. The Labute approximate surface area is 166 Å². The van der Waals surface area contributed by atoms with Crippen molar-refractivity contribution in [3.8, 4) is 11.1 Å². The number of hydrogen-bond donors (Lipinski definition) is 2. The second-order valence-electron chi connectivity index (χ2n) is 7.26. The molecule has 0 spiro atoms. The minimum Gasteiger partial charge on any atom is -0.331 e. The van der Waals surface area contributed by atoms with Gasteiger partial charge < -0.3 is 10.6 Å². The Hall–Kier alpha value is -2.78. The van der Waals surface area contributed by atoms with Crippen molar-refractivity contribution < 1.29 is 0 Å². The van der Waals surface area contributed by atoms with E-state index in [4.69, 9.17) is 4.98 Å². The molecule has 1 fully saturated rings. The quantitative estimate of drug-likeness (QED) is 0.553. The summed E-state index contributed by atoms with van der Waals surface area (Å²) in [6, 6.07) is 4.17. The van der Waals surface area contributed by atoms with Gasteiger partial charge in [0.25, 0.3) is 0 Å². The first-order valence-corrected chi connectivity index (χ1v) is 10.2. The summed E-state index contributed by atoms with van der Waals surface area (Å²) >= 11 is 1.45. The predicted octanol–water partition coefficient (Wildman–Crippen LogP) is 3.11. The van der Waals surface area contributed by atoms with Gasteiger partial charge in [-0.3, -0.25) is 4.68 Å². The van der Waals surface area contributed by atoms with Crippen LogP contribution in [0.3, 0.4) is 0 Å². The Morgan fingerprint density at radius 1 is 1.25 bits per heavy atom. The van der Waals surface area contributed by atoms with Gasteiger partial charge in [-0.2, -0.15) is 19.1 Å². The first kappa shape index (κ1) is 17.3. The topological polar surface area (TPSA) is 85.0 Å². The van der Waals surface area contributed by atoms with E-state index >= 15 is 0 Å². The normalized spacial score (nSPS) is 17.3. The van der Waals surface area contributed by atoms with Gasteiger partial charge in [-0.25, -0.2) is 4.98 Å². The minimum absolute atomic E-state index is 0.402. The van der Waals surface area contributed by atoms with Crippen LogP contribution in [-0.4, -0.2) is 41.8 Å². The molecule has 1 unspecified atom stereocenters. The molecule has 1 aliphatic rings. The first-order valence-electron chi connectivity index (χ1n) is 9.46. The van der Waals surface area contributed by atoms with E-state index in [0.717, 1.165) is 58.5 Å². The van der Waals surface area contributed by atoms with Crippen molar-refractivity contribution in [2.75, 3.05) is 18.4 Å². The van der Waals surface area contributed by atoms with Crippen LogP contribution in [-0.2, 0) is 7.05 Å². The van der Waals surface area contributed by atoms with Crippen molar-refractivity contribution in [1.82, 2.24) is 34.1 Å². The maximum atomic E-state index is 5.02. The van der Waals surface area contributed by atoms with Crippen LogP contribution in [0.2, 0.25) is 0 Å². The zero-order valence-electron chi connectivity index (χ0n) is 15.9. The molecule has 1 atom stereocenters. The lowest BCUT2D eigenvalue weighted by atomic mass is 9.96. The fourth-order valence-electron chi connectivity index (χ4n) is 3.70. The predicted molar refractivity (Wildman–Crippen MR) is 110 cm³/mol. The summed E-state index contributed by atoms with van der Waals surface area (Å²) in [5.41, 5.74) is 4.95. The van der Waals surface area contributed by atoms with Crippen LogP contribution in [0.4, 0.5) is 10.8 Å². The SMILES string of the molecule is Cc1cc(Nc2cc(C3CCCNC3)nc3c(-c4cnn(C)c4)cnn23)sn1. The lowest BCUT2D eigenvalue weighted by Gasteiger charge is -2.23. The van der Waals surface area contributed by atoms with Gasteiger partial charge in [-0.05, 0) is 43.9 Å². The molecule has 1 saturated heterocycles. The third-order valence-electron chi connectivity index (χ3n) is 5.10. The maximum absolute atomic E-state index is 5.02. The third-order valence-corrected chi connectivity index (χ3v) is 5.90. The van der Waals surface area contributed by atoms with E-state index in [-0.39, 0.29) is 0 Å². The molecule has 144 valence electrons. The van der Waals surface area contributed by atoms with Crippen molar-refractivity contribution in [1.29, 1.82) is 0 Å². The Kier molecular flexibility index (Phi) is 4.33. The zero-order valence-corrected chi connectivity index (χ0v) is 16.7. The van der Waals surface area contributed by atoms with Gasteiger partial charge in [0.05, 0.1) is 23.8 Å². The molecule has 0 saturated carbocycles. The van der Waals surface area contributed by atoms with Gasteiger partial charge in [-0.1, -0.05) is 0 Å². The molecule has 5 rings (SSSR count). The molecule has 1 aliphatic heterocycles. The van der Waals surface area contributed by atoms with Gasteiger partial charge in [-0.15, -0.1) is 0 Å². The van der Waals surface area contributed by atoms with Gasteiger partial charge in [0.2, 0.25) is 0 Å². The number of aryl methyl sites for hydroxylation is 2. The van der Waals surface area contributed by atoms with E-state index < -0.39 is 0 Å². The molecule has 4 aromatic rings. The molecule has 0 bridgehead atoms. The van der Waals surface area contributed by atoms with Crippen LogP contribution >= 0.6 is 11.5 Å². The molecule has 2 N–H and O–H groups in total. The van der Waals surface area contributed by atoms with E-state index in [1.807, 2.05) is 43.1 Å². The molecular formula is C19H22N8S. The number of rotatable bonds is 4. The van der Waals surface area contributed by atoms with Crippen LogP contribution in [0.1, 0.15) is 30.1 Å². The monoisotopic (exact) mass is 394 g/mol. The molecule has 0 aromatic carbocycles. The van der Waals surface area contributed by atoms with E-state index in [9.17, 15) is 0 Å². The van der Waals surface area contributed by atoms with Crippen molar-refractivity contribution in [2.45, 2.75) is 25.7 Å². The Balaban J connectivity index is 1.64. The summed E-state index contributed by atoms with van der Waals surface area (Å²) < 4.78 is 8.04. The molecule has 4 aromatic heterocycles. The van der Waals surface area contributed by atoms with Crippen LogP contribution in [0.25, 0.3) is 16.8 Å². The number of anilines is 2. The second-order valence-corrected chi connectivity index (χ2v) is 8.07. The van der Waals surface area contributed by atoms with Crippen LogP contribution in [0.15, 0.2) is 30.7 Å². The van der Waals surface area contributed by atoms with Crippen molar-refractivity contribution >= 4 is 28.0 Å². The fourth-order valence-corrected chi connectivity index (χ4v) is 4.37. The average molecular weight is 395 g/mol. The van der Waals surface area contributed by atoms with Crippen LogP contribution in [0, 0.1) is 6.92 Å². The molecular weight excluding hydrogens is 372 g/mol. The number of hydrogen-bond acceptors (Lipinski definition) is 7. The van der Waals surface area contributed by atoms with Gasteiger partial charge in [0, 0.05) is 42.9 Å². The molecule has 9 heteroatoms. The summed E-state index contributed by atoms with van der Waals surface area (Å²) in [6.45, 7) is 4.04. The lowest BCUT2D eigenvalue weighted by molar-refractivity contribution is 0.455. The molecule has 0 radical (unpaired) electrons. The molecule has 0 aliphatic carbocycles. The zero-order chi connectivity index (χ0) is 19.1. The van der Waals surface area contributed by atoms with E-state index in [2.05, 4.69) is 31.3 Å². The standard InChI is InChI=1S/C19H22N8S/c1-12-6-18(28-25-12)24-17-7-16(13-4-3-5-20-8-13)23-19-15(10-22-27(17)19)14-9-21-26(2)11-14/h6-7,9-11,13,20,24H,3-5,8H2,1-2H3. The smallest absolute Gasteiger partial charge is 0.165 e. The minimum atomic E-state index is 0.402. The summed E-state index contributed by atoms with van der Waals surface area (Å²) in [4.78, 5) is 5.02. The Bertz CT molecular complexity index is 1120. The molecule has 8 nitrogen and oxygen atoms in total. The maximum Gasteiger partial charge on any atom is 0.165 e. The van der Waals surface area contributed by atoms with Crippen molar-refractivity contribution in [3.63, 3.8) is 0 Å². The second kappa shape index (κ2) is 6.99. The van der Waals surface area contributed by atoms with E-state index in [1.165, 1.54) is 18.0 Å². The van der Waals surface area contributed by atoms with E-state index in [1.54, 1.807) is 4.68 Å². The first-order chi connectivity index (χ1) is 13.7. The molecule has 0 amide bonds. The number of fused-ring (bicyclic) bond motifs is 1. The number of aromatic nitrogens is 6. The molecule has 28 heavy (non-hydrogen) atoms. The molecule has 5 heterocycles. The van der Waals surface area contributed by atoms with Crippen LogP contribution < -0.4 is 10.6 Å². The average Bonchev–Trinajstić information content (AvgIpc) is 3.42. The number of nitrogens with one attached hydrogen (secondary N) is 2. The van der Waals surface area contributed by atoms with Gasteiger partial charge in [0.1, 0.15) is 10.8 Å². The summed E-state index contributed by atoms with van der Waals surface area (Å²) in [5, 5.41) is 16.9. The van der Waals surface area contributed by atoms with Crippen LogP contribution in [0.5, 0.6) is 0 Å². The van der Waals surface area contributed by atoms with E-state index in [0.29, 0.717) is 5.92 Å². The number of nitrogens with zero attached hydrogens (tertiary/aromatic N) is 6. The van der Waals surface area contributed by atoms with Crippen molar-refractivity contribution in [2.24, 2.45) is 7.05 Å². The fraction of sp³-hybridized carbons (Fsp3) is 0.368. The van der Waals surface area contributed by atoms with Gasteiger partial charge >= 0.3 is 0 Å². The summed E-state index contributed by atoms with van der Waals surface area (Å²) in [7, 11) is 1.92. The summed E-state index contributed by atoms with van der Waals surface area (Å²) in [5.74, 6) is 1.31. The highest BCUT2D eigenvalue weighted by Gasteiger charge is 2.21. The summed E-state index contributed by atoms with van der Waals surface area (Å²) in [6.07, 6.45) is 8.03. The Morgan fingerprint density at radius 3 is 2.89 bits per heavy atom. The third kappa shape index (κ3) is 3.16. The van der Waals surface area contributed by atoms with Crippen molar-refractivity contribution in [3.05, 3.63) is 42.1 Å². The Morgan fingerprint density at radius 2 is 2.18 bits per heavy atom. The lowest BCUT2D eigenvalue weighted by Crippen LogP contribution is -2.29. The van der Waals surface area contributed by atoms with Gasteiger partial charge in [0.15, 0.2) is 5.65 Å². The highest BCUT2D eigenvalue weighted by Crippen LogP contribution is 2.31. The number of piperidine rings is 1. The highest BCUT2D eigenvalue weighted by atomic mass is 32.1.